The molecule has 106 valence electrons. The maximum Gasteiger partial charge on any atom is 0.142 e. The molecule has 2 rings (SSSR count). The quantitative estimate of drug-likeness (QED) is 0.872. The summed E-state index contributed by atoms with van der Waals surface area (Å²) < 4.78 is 10.4. The lowest BCUT2D eigenvalue weighted by Crippen LogP contribution is -2.06. The van der Waals surface area contributed by atoms with E-state index < -0.39 is 0 Å². The Balaban J connectivity index is 1.93. The van der Waals surface area contributed by atoms with Crippen LogP contribution in [0.4, 0.5) is 5.69 Å². The van der Waals surface area contributed by atoms with E-state index in [1.807, 2.05) is 30.3 Å². The Bertz CT molecular complexity index is 555. The summed E-state index contributed by atoms with van der Waals surface area (Å²) in [5, 5.41) is 4.03. The summed E-state index contributed by atoms with van der Waals surface area (Å²) in [6.07, 6.45) is 0.916. The van der Waals surface area contributed by atoms with Gasteiger partial charge in [0, 0.05) is 11.6 Å². The molecule has 20 heavy (non-hydrogen) atoms. The van der Waals surface area contributed by atoms with Crippen molar-refractivity contribution in [3.63, 3.8) is 0 Å². The zero-order valence-electron chi connectivity index (χ0n) is 11.7. The molecule has 0 fully saturated rings. The minimum absolute atomic E-state index is 0.692. The van der Waals surface area contributed by atoms with Crippen LogP contribution in [0.15, 0.2) is 42.5 Å². The van der Waals surface area contributed by atoms with E-state index in [4.69, 9.17) is 21.1 Å². The van der Waals surface area contributed by atoms with Crippen LogP contribution in [0.2, 0.25) is 5.02 Å². The molecule has 0 atom stereocenters. The molecule has 0 aliphatic heterocycles. The molecule has 0 amide bonds. The minimum Gasteiger partial charge on any atom is -0.497 e. The summed E-state index contributed by atoms with van der Waals surface area (Å²) in [4.78, 5) is 0. The van der Waals surface area contributed by atoms with Gasteiger partial charge >= 0.3 is 0 Å². The molecule has 0 aliphatic rings. The van der Waals surface area contributed by atoms with Crippen LogP contribution >= 0.6 is 11.6 Å². The van der Waals surface area contributed by atoms with E-state index in [-0.39, 0.29) is 0 Å². The highest BCUT2D eigenvalue weighted by atomic mass is 35.5. The van der Waals surface area contributed by atoms with Gasteiger partial charge in [0.2, 0.25) is 0 Å². The van der Waals surface area contributed by atoms with Crippen molar-refractivity contribution in [2.45, 2.75) is 6.42 Å². The first-order valence-electron chi connectivity index (χ1n) is 6.43. The molecule has 0 spiro atoms. The van der Waals surface area contributed by atoms with Gasteiger partial charge in [-0.25, -0.2) is 0 Å². The second-order valence-electron chi connectivity index (χ2n) is 4.37. The molecular formula is C16H18ClNO2. The van der Waals surface area contributed by atoms with E-state index in [2.05, 4.69) is 17.4 Å². The maximum absolute atomic E-state index is 5.99. The van der Waals surface area contributed by atoms with Crippen molar-refractivity contribution in [3.05, 3.63) is 53.1 Å². The van der Waals surface area contributed by atoms with Crippen molar-refractivity contribution < 1.29 is 9.47 Å². The Morgan fingerprint density at radius 2 is 1.75 bits per heavy atom. The van der Waals surface area contributed by atoms with Crippen molar-refractivity contribution in [2.75, 3.05) is 26.1 Å². The second kappa shape index (κ2) is 7.06. The van der Waals surface area contributed by atoms with Crippen LogP contribution in [0.3, 0.4) is 0 Å². The molecule has 4 heteroatoms. The molecular weight excluding hydrogens is 274 g/mol. The summed E-state index contributed by atoms with van der Waals surface area (Å²) >= 11 is 5.99. The summed E-state index contributed by atoms with van der Waals surface area (Å²) in [5.41, 5.74) is 2.16. The molecule has 2 aromatic rings. The molecule has 1 N–H and O–H groups in total. The first-order chi connectivity index (χ1) is 9.72. The van der Waals surface area contributed by atoms with Gasteiger partial charge < -0.3 is 14.8 Å². The van der Waals surface area contributed by atoms with Crippen LogP contribution in [0.5, 0.6) is 11.5 Å². The summed E-state index contributed by atoms with van der Waals surface area (Å²) in [7, 11) is 3.32. The van der Waals surface area contributed by atoms with Crippen molar-refractivity contribution in [1.29, 1.82) is 0 Å². The summed E-state index contributed by atoms with van der Waals surface area (Å²) in [6.45, 7) is 0.809. The molecule has 0 radical (unpaired) electrons. The molecule has 0 aliphatic carbocycles. The molecule has 0 aromatic heterocycles. The predicted octanol–water partition coefficient (Wildman–Crippen LogP) is 4.01. The van der Waals surface area contributed by atoms with Crippen molar-refractivity contribution in [3.8, 4) is 11.5 Å². The molecule has 0 saturated heterocycles. The Morgan fingerprint density at radius 1 is 1.00 bits per heavy atom. The fourth-order valence-electron chi connectivity index (χ4n) is 1.95. The predicted molar refractivity (Wildman–Crippen MR) is 83.2 cm³/mol. The van der Waals surface area contributed by atoms with Crippen molar-refractivity contribution in [2.24, 2.45) is 0 Å². The molecule has 2 aromatic carbocycles. The third kappa shape index (κ3) is 3.81. The fourth-order valence-corrected chi connectivity index (χ4v) is 2.12. The van der Waals surface area contributed by atoms with Gasteiger partial charge in [-0.05, 0) is 42.3 Å². The van der Waals surface area contributed by atoms with Gasteiger partial charge in [0.15, 0.2) is 0 Å². The molecule has 3 nitrogen and oxygen atoms in total. The average molecular weight is 292 g/mol. The zero-order chi connectivity index (χ0) is 14.4. The van der Waals surface area contributed by atoms with Crippen LogP contribution in [-0.2, 0) is 6.42 Å². The van der Waals surface area contributed by atoms with E-state index in [0.717, 1.165) is 30.2 Å². The number of ether oxygens (including phenoxy) is 2. The van der Waals surface area contributed by atoms with Crippen LogP contribution in [-0.4, -0.2) is 20.8 Å². The van der Waals surface area contributed by atoms with Crippen molar-refractivity contribution >= 4 is 17.3 Å². The van der Waals surface area contributed by atoms with Crippen LogP contribution in [0.25, 0.3) is 0 Å². The number of halogens is 1. The number of methoxy groups -OCH3 is 2. The highest BCUT2D eigenvalue weighted by molar-refractivity contribution is 6.30. The lowest BCUT2D eigenvalue weighted by molar-refractivity contribution is 0.414. The van der Waals surface area contributed by atoms with E-state index in [0.29, 0.717) is 5.02 Å². The Morgan fingerprint density at radius 3 is 2.40 bits per heavy atom. The lowest BCUT2D eigenvalue weighted by atomic mass is 10.1. The highest BCUT2D eigenvalue weighted by Crippen LogP contribution is 2.27. The summed E-state index contributed by atoms with van der Waals surface area (Å²) in [5.74, 6) is 1.67. The largest absolute Gasteiger partial charge is 0.497 e. The monoisotopic (exact) mass is 291 g/mol. The normalized spacial score (nSPS) is 10.2. The van der Waals surface area contributed by atoms with Gasteiger partial charge in [-0.15, -0.1) is 0 Å². The lowest BCUT2D eigenvalue weighted by Gasteiger charge is -2.11. The topological polar surface area (TPSA) is 30.5 Å². The Hall–Kier alpha value is -1.87. The van der Waals surface area contributed by atoms with Gasteiger partial charge in [-0.2, -0.15) is 0 Å². The number of benzene rings is 2. The molecule has 0 saturated carbocycles. The first-order valence-corrected chi connectivity index (χ1v) is 6.81. The number of nitrogens with one attached hydrogen (secondary N) is 1. The van der Waals surface area contributed by atoms with Gasteiger partial charge in [0.1, 0.15) is 11.5 Å². The smallest absolute Gasteiger partial charge is 0.142 e. The fraction of sp³-hybridized carbons (Fsp3) is 0.250. The van der Waals surface area contributed by atoms with Crippen LogP contribution in [0, 0.1) is 0 Å². The third-order valence-electron chi connectivity index (χ3n) is 3.05. The second-order valence-corrected chi connectivity index (χ2v) is 4.81. The van der Waals surface area contributed by atoms with E-state index in [9.17, 15) is 0 Å². The van der Waals surface area contributed by atoms with E-state index in [1.54, 1.807) is 14.2 Å². The van der Waals surface area contributed by atoms with Crippen LogP contribution in [0.1, 0.15) is 5.56 Å². The van der Waals surface area contributed by atoms with Gasteiger partial charge in [0.25, 0.3) is 0 Å². The number of rotatable bonds is 6. The standard InChI is InChI=1S/C16H18ClNO2/c1-19-14-6-3-12(4-7-14)9-10-18-15-11-13(17)5-8-16(15)20-2/h3-8,11,18H,9-10H2,1-2H3. The number of hydrogen-bond acceptors (Lipinski definition) is 3. The van der Waals surface area contributed by atoms with Crippen LogP contribution < -0.4 is 14.8 Å². The highest BCUT2D eigenvalue weighted by Gasteiger charge is 2.03. The summed E-state index contributed by atoms with van der Waals surface area (Å²) in [6, 6.07) is 13.6. The SMILES string of the molecule is COc1ccc(CCNc2cc(Cl)ccc2OC)cc1. The molecule has 0 unspecified atom stereocenters. The number of anilines is 1. The average Bonchev–Trinajstić information content (AvgIpc) is 2.48. The van der Waals surface area contributed by atoms with Gasteiger partial charge in [0.05, 0.1) is 19.9 Å². The van der Waals surface area contributed by atoms with E-state index in [1.165, 1.54) is 5.56 Å². The van der Waals surface area contributed by atoms with Gasteiger partial charge in [-0.3, -0.25) is 0 Å². The first kappa shape index (κ1) is 14.5. The Kier molecular flexibility index (Phi) is 5.13. The maximum atomic E-state index is 5.99. The minimum atomic E-state index is 0.692. The molecule has 0 bridgehead atoms. The Labute approximate surface area is 124 Å². The zero-order valence-corrected chi connectivity index (χ0v) is 12.4. The number of hydrogen-bond donors (Lipinski definition) is 1. The van der Waals surface area contributed by atoms with E-state index >= 15 is 0 Å². The van der Waals surface area contributed by atoms with Gasteiger partial charge in [-0.1, -0.05) is 23.7 Å². The molecule has 0 heterocycles. The van der Waals surface area contributed by atoms with Crippen molar-refractivity contribution in [1.82, 2.24) is 0 Å². The third-order valence-corrected chi connectivity index (χ3v) is 3.28.